The fourth-order valence-corrected chi connectivity index (χ4v) is 3.90. The summed E-state index contributed by atoms with van der Waals surface area (Å²) >= 11 is 6.56. The van der Waals surface area contributed by atoms with Crippen molar-refractivity contribution in [3.63, 3.8) is 0 Å². The normalized spacial score (nSPS) is 15.9. The van der Waals surface area contributed by atoms with Crippen molar-refractivity contribution in [3.05, 3.63) is 64.8 Å². The SMILES string of the molecule is CCC(=O)N1N=C(c2cccc(OC)c2)CC1c1cc2cc(OC)ccc2nc1Cl. The number of pyridine rings is 1. The Morgan fingerprint density at radius 3 is 2.63 bits per heavy atom. The van der Waals surface area contributed by atoms with Gasteiger partial charge in [-0.3, -0.25) is 4.79 Å². The second-order valence-corrected chi connectivity index (χ2v) is 7.38. The standard InChI is InChI=1S/C23H22ClN3O3/c1-4-22(28)27-21(13-20(26-27)14-6-5-7-16(10-14)29-2)18-12-15-11-17(30-3)8-9-19(15)25-23(18)24/h5-12,21H,4,13H2,1-3H3. The number of hydrazone groups is 1. The summed E-state index contributed by atoms with van der Waals surface area (Å²) in [7, 11) is 3.25. The first-order valence-corrected chi connectivity index (χ1v) is 10.1. The summed E-state index contributed by atoms with van der Waals surface area (Å²) in [6.45, 7) is 1.82. The molecule has 1 aromatic heterocycles. The van der Waals surface area contributed by atoms with E-state index in [2.05, 4.69) is 10.1 Å². The molecule has 6 nitrogen and oxygen atoms in total. The molecule has 1 aliphatic heterocycles. The number of benzene rings is 2. The number of amides is 1. The van der Waals surface area contributed by atoms with Crippen molar-refractivity contribution in [3.8, 4) is 11.5 Å². The van der Waals surface area contributed by atoms with E-state index in [-0.39, 0.29) is 11.9 Å². The maximum Gasteiger partial charge on any atom is 0.242 e. The quantitative estimate of drug-likeness (QED) is 0.542. The van der Waals surface area contributed by atoms with Crippen LogP contribution in [0.15, 0.2) is 53.6 Å². The number of ether oxygens (including phenoxy) is 2. The number of halogens is 1. The molecule has 0 spiro atoms. The van der Waals surface area contributed by atoms with Crippen molar-refractivity contribution in [1.29, 1.82) is 0 Å². The molecule has 0 radical (unpaired) electrons. The summed E-state index contributed by atoms with van der Waals surface area (Å²) in [5.41, 5.74) is 3.26. The molecule has 30 heavy (non-hydrogen) atoms. The lowest BCUT2D eigenvalue weighted by Gasteiger charge is -2.22. The molecular weight excluding hydrogens is 402 g/mol. The first-order chi connectivity index (χ1) is 14.5. The van der Waals surface area contributed by atoms with Gasteiger partial charge in [0.25, 0.3) is 0 Å². The molecule has 7 heteroatoms. The summed E-state index contributed by atoms with van der Waals surface area (Å²) < 4.78 is 10.7. The van der Waals surface area contributed by atoms with Crippen LogP contribution in [0.3, 0.4) is 0 Å². The molecule has 0 fully saturated rings. The first kappa shape index (κ1) is 20.2. The summed E-state index contributed by atoms with van der Waals surface area (Å²) in [6, 6.07) is 14.9. The van der Waals surface area contributed by atoms with Crippen LogP contribution in [-0.2, 0) is 4.79 Å². The number of fused-ring (bicyclic) bond motifs is 1. The van der Waals surface area contributed by atoms with Gasteiger partial charge in [0, 0.05) is 29.4 Å². The lowest BCUT2D eigenvalue weighted by molar-refractivity contribution is -0.132. The smallest absolute Gasteiger partial charge is 0.242 e. The number of carbonyl (C=O) groups excluding carboxylic acids is 1. The number of methoxy groups -OCH3 is 2. The molecule has 1 amide bonds. The highest BCUT2D eigenvalue weighted by Crippen LogP contribution is 2.38. The predicted molar refractivity (Wildman–Crippen MR) is 117 cm³/mol. The van der Waals surface area contributed by atoms with E-state index in [1.54, 1.807) is 14.2 Å². The van der Waals surface area contributed by atoms with E-state index in [0.29, 0.717) is 18.0 Å². The molecule has 0 saturated heterocycles. The van der Waals surface area contributed by atoms with Crippen LogP contribution in [0.5, 0.6) is 11.5 Å². The summed E-state index contributed by atoms with van der Waals surface area (Å²) in [5, 5.41) is 7.45. The number of rotatable bonds is 5. The topological polar surface area (TPSA) is 64.0 Å². The maximum atomic E-state index is 12.7. The van der Waals surface area contributed by atoms with Gasteiger partial charge in [-0.2, -0.15) is 5.10 Å². The van der Waals surface area contributed by atoms with Crippen LogP contribution in [0, 0.1) is 0 Å². The average Bonchev–Trinajstić information content (AvgIpc) is 3.23. The minimum Gasteiger partial charge on any atom is -0.497 e. The Morgan fingerprint density at radius 1 is 1.13 bits per heavy atom. The summed E-state index contributed by atoms with van der Waals surface area (Å²) in [4.78, 5) is 17.2. The Bertz CT molecular complexity index is 1150. The molecule has 1 unspecified atom stereocenters. The van der Waals surface area contributed by atoms with E-state index >= 15 is 0 Å². The van der Waals surface area contributed by atoms with Crippen LogP contribution >= 0.6 is 11.6 Å². The summed E-state index contributed by atoms with van der Waals surface area (Å²) in [6.07, 6.45) is 0.883. The van der Waals surface area contributed by atoms with Crippen LogP contribution in [0.1, 0.15) is 36.9 Å². The zero-order valence-corrected chi connectivity index (χ0v) is 17.8. The Labute approximate surface area is 180 Å². The number of hydrogen-bond donors (Lipinski definition) is 0. The molecule has 1 atom stereocenters. The van der Waals surface area contributed by atoms with Gasteiger partial charge < -0.3 is 9.47 Å². The maximum absolute atomic E-state index is 12.7. The van der Waals surface area contributed by atoms with Gasteiger partial charge in [-0.1, -0.05) is 30.7 Å². The molecule has 1 aliphatic rings. The zero-order chi connectivity index (χ0) is 21.3. The van der Waals surface area contributed by atoms with Crippen LogP contribution in [0.2, 0.25) is 5.15 Å². The van der Waals surface area contributed by atoms with Crippen molar-refractivity contribution in [2.24, 2.45) is 5.10 Å². The molecule has 0 bridgehead atoms. The lowest BCUT2D eigenvalue weighted by atomic mass is 9.98. The molecule has 154 valence electrons. The van der Waals surface area contributed by atoms with Crippen LogP contribution in [0.4, 0.5) is 0 Å². The van der Waals surface area contributed by atoms with Gasteiger partial charge in [0.1, 0.15) is 16.7 Å². The molecule has 4 rings (SSSR count). The van der Waals surface area contributed by atoms with E-state index < -0.39 is 0 Å². The third kappa shape index (κ3) is 3.71. The number of nitrogens with zero attached hydrogens (tertiary/aromatic N) is 3. The minimum absolute atomic E-state index is 0.0697. The van der Waals surface area contributed by atoms with Crippen molar-refractivity contribution in [2.45, 2.75) is 25.8 Å². The largest absolute Gasteiger partial charge is 0.497 e. The average molecular weight is 424 g/mol. The number of aromatic nitrogens is 1. The number of hydrogen-bond acceptors (Lipinski definition) is 5. The fourth-order valence-electron chi connectivity index (χ4n) is 3.63. The van der Waals surface area contributed by atoms with Gasteiger partial charge in [-0.15, -0.1) is 0 Å². The molecule has 2 aromatic carbocycles. The second kappa shape index (κ2) is 8.32. The number of carbonyl (C=O) groups is 1. The van der Waals surface area contributed by atoms with E-state index in [4.69, 9.17) is 21.1 Å². The predicted octanol–water partition coefficient (Wildman–Crippen LogP) is 4.99. The monoisotopic (exact) mass is 423 g/mol. The third-order valence-electron chi connectivity index (χ3n) is 5.23. The second-order valence-electron chi connectivity index (χ2n) is 7.02. The summed E-state index contributed by atoms with van der Waals surface area (Å²) in [5.74, 6) is 1.41. The van der Waals surface area contributed by atoms with Gasteiger partial charge in [-0.05, 0) is 36.4 Å². The Morgan fingerprint density at radius 2 is 1.90 bits per heavy atom. The van der Waals surface area contributed by atoms with Crippen LogP contribution in [-0.4, -0.2) is 35.8 Å². The van der Waals surface area contributed by atoms with Gasteiger partial charge >= 0.3 is 0 Å². The van der Waals surface area contributed by atoms with E-state index in [0.717, 1.165) is 39.2 Å². The van der Waals surface area contributed by atoms with Crippen LogP contribution in [0.25, 0.3) is 10.9 Å². The van der Waals surface area contributed by atoms with E-state index in [1.807, 2.05) is 55.5 Å². The molecule has 0 aliphatic carbocycles. The molecule has 2 heterocycles. The van der Waals surface area contributed by atoms with Crippen molar-refractivity contribution in [1.82, 2.24) is 9.99 Å². The van der Waals surface area contributed by atoms with E-state index in [9.17, 15) is 4.79 Å². The molecule has 0 saturated carbocycles. The molecule has 3 aromatic rings. The first-order valence-electron chi connectivity index (χ1n) is 9.72. The van der Waals surface area contributed by atoms with Gasteiger partial charge in [-0.25, -0.2) is 9.99 Å². The highest BCUT2D eigenvalue weighted by Gasteiger charge is 2.34. The van der Waals surface area contributed by atoms with Gasteiger partial charge in [0.15, 0.2) is 0 Å². The molecular formula is C23H22ClN3O3. The minimum atomic E-state index is -0.325. The van der Waals surface area contributed by atoms with Gasteiger partial charge in [0.2, 0.25) is 5.91 Å². The fraction of sp³-hybridized carbons (Fsp3) is 0.261. The Hall–Kier alpha value is -3.12. The van der Waals surface area contributed by atoms with Crippen molar-refractivity contribution >= 4 is 34.1 Å². The molecule has 0 N–H and O–H groups in total. The van der Waals surface area contributed by atoms with Crippen molar-refractivity contribution in [2.75, 3.05) is 14.2 Å². The van der Waals surface area contributed by atoms with Crippen molar-refractivity contribution < 1.29 is 14.3 Å². The highest BCUT2D eigenvalue weighted by atomic mass is 35.5. The third-order valence-corrected chi connectivity index (χ3v) is 5.54. The van der Waals surface area contributed by atoms with E-state index in [1.165, 1.54) is 5.01 Å². The van der Waals surface area contributed by atoms with Crippen LogP contribution < -0.4 is 9.47 Å². The Kier molecular flexibility index (Phi) is 5.59. The van der Waals surface area contributed by atoms with Gasteiger partial charge in [0.05, 0.1) is 31.5 Å². The Balaban J connectivity index is 1.77. The zero-order valence-electron chi connectivity index (χ0n) is 17.1. The highest BCUT2D eigenvalue weighted by molar-refractivity contribution is 6.30. The lowest BCUT2D eigenvalue weighted by Crippen LogP contribution is -2.26.